The number of anilines is 2. The maximum Gasteiger partial charge on any atom is 0.228 e. The summed E-state index contributed by atoms with van der Waals surface area (Å²) >= 11 is 0. The lowest BCUT2D eigenvalue weighted by Gasteiger charge is -2.28. The Kier molecular flexibility index (Phi) is 5.53. The average molecular weight is 435 g/mol. The zero-order valence-corrected chi connectivity index (χ0v) is 18.2. The van der Waals surface area contributed by atoms with E-state index in [4.69, 9.17) is 23.9 Å². The number of nitrogens with zero attached hydrogens (tertiary/aromatic N) is 5. The molecular formula is C23H26N6O3. The molecule has 3 aromatic heterocycles. The molecule has 1 N–H and O–H groups in total. The highest BCUT2D eigenvalue weighted by atomic mass is 16.5. The normalized spacial score (nSPS) is 14.0. The summed E-state index contributed by atoms with van der Waals surface area (Å²) in [5.74, 6) is 4.07. The van der Waals surface area contributed by atoms with E-state index < -0.39 is 0 Å². The van der Waals surface area contributed by atoms with E-state index >= 15 is 0 Å². The Balaban J connectivity index is 1.49. The number of hydrogen-bond donors (Lipinski definition) is 1. The Bertz CT molecular complexity index is 1200. The number of piperidine rings is 1. The second-order valence-electron chi connectivity index (χ2n) is 7.71. The number of hydrogen-bond acceptors (Lipinski definition) is 8. The smallest absolute Gasteiger partial charge is 0.228 e. The van der Waals surface area contributed by atoms with Crippen LogP contribution in [0.3, 0.4) is 0 Å². The van der Waals surface area contributed by atoms with Crippen LogP contribution < -0.4 is 19.7 Å². The summed E-state index contributed by atoms with van der Waals surface area (Å²) in [6, 6.07) is 11.5. The predicted molar refractivity (Wildman–Crippen MR) is 121 cm³/mol. The number of ether oxygens (including phenoxy) is 2. The molecule has 0 aliphatic carbocycles. The minimum atomic E-state index is 0.529. The fourth-order valence-corrected chi connectivity index (χ4v) is 3.96. The van der Waals surface area contributed by atoms with Gasteiger partial charge < -0.3 is 24.1 Å². The molecule has 0 unspecified atom stereocenters. The highest BCUT2D eigenvalue weighted by Gasteiger charge is 2.18. The summed E-state index contributed by atoms with van der Waals surface area (Å²) in [6.45, 7) is 2.54. The van der Waals surface area contributed by atoms with Crippen LogP contribution in [-0.2, 0) is 6.54 Å². The summed E-state index contributed by atoms with van der Waals surface area (Å²) < 4.78 is 18.0. The molecule has 0 amide bonds. The molecule has 0 spiro atoms. The predicted octanol–water partition coefficient (Wildman–Crippen LogP) is 4.00. The Morgan fingerprint density at radius 2 is 1.84 bits per heavy atom. The van der Waals surface area contributed by atoms with Crippen LogP contribution in [0.4, 0.5) is 11.8 Å². The molecule has 1 aliphatic heterocycles. The topological polar surface area (TPSA) is 90.0 Å². The van der Waals surface area contributed by atoms with Gasteiger partial charge in [-0.05, 0) is 49.1 Å². The van der Waals surface area contributed by atoms with Gasteiger partial charge in [0.2, 0.25) is 11.8 Å². The van der Waals surface area contributed by atoms with Crippen molar-refractivity contribution in [1.82, 2.24) is 19.6 Å². The quantitative estimate of drug-likeness (QED) is 0.467. The lowest BCUT2D eigenvalue weighted by Crippen LogP contribution is -2.30. The van der Waals surface area contributed by atoms with Crippen LogP contribution in [0.5, 0.6) is 11.5 Å². The number of rotatable bonds is 7. The molecule has 0 saturated carbocycles. The van der Waals surface area contributed by atoms with Gasteiger partial charge in [-0.15, -0.1) is 5.10 Å². The summed E-state index contributed by atoms with van der Waals surface area (Å²) in [7, 11) is 3.26. The van der Waals surface area contributed by atoms with E-state index in [-0.39, 0.29) is 0 Å². The third-order valence-corrected chi connectivity index (χ3v) is 5.63. The zero-order valence-electron chi connectivity index (χ0n) is 18.2. The fraction of sp³-hybridized carbons (Fsp3) is 0.348. The van der Waals surface area contributed by atoms with Crippen molar-refractivity contribution in [2.45, 2.75) is 25.8 Å². The van der Waals surface area contributed by atoms with Gasteiger partial charge in [0.1, 0.15) is 5.82 Å². The van der Waals surface area contributed by atoms with Crippen LogP contribution in [0.25, 0.3) is 17.2 Å². The maximum atomic E-state index is 5.50. The number of methoxy groups -OCH3 is 2. The molecule has 0 radical (unpaired) electrons. The largest absolute Gasteiger partial charge is 0.493 e. The van der Waals surface area contributed by atoms with Gasteiger partial charge in [0.05, 0.1) is 20.5 Å². The fourth-order valence-electron chi connectivity index (χ4n) is 3.96. The van der Waals surface area contributed by atoms with Gasteiger partial charge in [-0.2, -0.15) is 9.50 Å². The number of aromatic nitrogens is 4. The van der Waals surface area contributed by atoms with E-state index in [2.05, 4.69) is 15.3 Å². The molecule has 1 saturated heterocycles. The van der Waals surface area contributed by atoms with Crippen LogP contribution in [0, 0.1) is 0 Å². The first-order valence-electron chi connectivity index (χ1n) is 10.8. The van der Waals surface area contributed by atoms with Crippen LogP contribution in [0.15, 0.2) is 47.1 Å². The average Bonchev–Trinajstić information content (AvgIpc) is 3.52. The molecular weight excluding hydrogens is 408 g/mol. The Morgan fingerprint density at radius 1 is 1.00 bits per heavy atom. The Hall–Kier alpha value is -3.75. The van der Waals surface area contributed by atoms with Gasteiger partial charge in [-0.25, -0.2) is 4.98 Å². The lowest BCUT2D eigenvalue weighted by atomic mass is 10.1. The van der Waals surface area contributed by atoms with Gasteiger partial charge in [0.25, 0.3) is 0 Å². The van der Waals surface area contributed by atoms with Crippen LogP contribution >= 0.6 is 0 Å². The summed E-state index contributed by atoms with van der Waals surface area (Å²) in [6.07, 6.45) is 5.22. The molecule has 1 aromatic carbocycles. The van der Waals surface area contributed by atoms with Crippen LogP contribution in [0.1, 0.15) is 24.8 Å². The second-order valence-corrected chi connectivity index (χ2v) is 7.71. The van der Waals surface area contributed by atoms with Gasteiger partial charge in [0.15, 0.2) is 22.9 Å². The Labute approximate surface area is 186 Å². The summed E-state index contributed by atoms with van der Waals surface area (Å²) in [4.78, 5) is 11.9. The number of nitrogens with one attached hydrogen (secondary N) is 1. The first-order chi connectivity index (χ1) is 15.7. The highest BCUT2D eigenvalue weighted by molar-refractivity contribution is 5.60. The van der Waals surface area contributed by atoms with Crippen LogP contribution in [0.2, 0.25) is 0 Å². The highest BCUT2D eigenvalue weighted by Crippen LogP contribution is 2.28. The third-order valence-electron chi connectivity index (χ3n) is 5.63. The number of benzene rings is 1. The molecule has 5 rings (SSSR count). The van der Waals surface area contributed by atoms with Crippen molar-refractivity contribution < 1.29 is 13.9 Å². The SMILES string of the molecule is COc1ccc(CNc2nc(N3CCCCC3)cc3nc(-c4ccco4)nn23)cc1OC. The van der Waals surface area contributed by atoms with Gasteiger partial charge in [-0.1, -0.05) is 6.07 Å². The first kappa shape index (κ1) is 20.2. The zero-order chi connectivity index (χ0) is 21.9. The van der Waals surface area contributed by atoms with E-state index in [1.54, 1.807) is 25.0 Å². The van der Waals surface area contributed by atoms with Crippen molar-refractivity contribution in [3.63, 3.8) is 0 Å². The molecule has 0 atom stereocenters. The van der Waals surface area contributed by atoms with Crippen molar-refractivity contribution in [3.8, 4) is 23.1 Å². The van der Waals surface area contributed by atoms with Crippen molar-refractivity contribution in [2.75, 3.05) is 37.5 Å². The molecule has 32 heavy (non-hydrogen) atoms. The molecule has 9 nitrogen and oxygen atoms in total. The number of fused-ring (bicyclic) bond motifs is 1. The summed E-state index contributed by atoms with van der Waals surface area (Å²) in [5.41, 5.74) is 1.76. The molecule has 4 aromatic rings. The molecule has 1 aliphatic rings. The van der Waals surface area contributed by atoms with Gasteiger partial charge in [0, 0.05) is 25.7 Å². The van der Waals surface area contributed by atoms with E-state index in [0.717, 1.165) is 30.1 Å². The Morgan fingerprint density at radius 3 is 2.59 bits per heavy atom. The van der Waals surface area contributed by atoms with Crippen molar-refractivity contribution in [3.05, 3.63) is 48.2 Å². The van der Waals surface area contributed by atoms with Gasteiger partial charge >= 0.3 is 0 Å². The second kappa shape index (κ2) is 8.78. The van der Waals surface area contributed by atoms with Crippen LogP contribution in [-0.4, -0.2) is 46.9 Å². The maximum absolute atomic E-state index is 5.50. The molecule has 166 valence electrons. The van der Waals surface area contributed by atoms with Gasteiger partial charge in [-0.3, -0.25) is 0 Å². The minimum absolute atomic E-state index is 0.529. The lowest BCUT2D eigenvalue weighted by molar-refractivity contribution is 0.354. The minimum Gasteiger partial charge on any atom is -0.493 e. The van der Waals surface area contributed by atoms with Crippen molar-refractivity contribution in [2.24, 2.45) is 0 Å². The van der Waals surface area contributed by atoms with Crippen molar-refractivity contribution >= 4 is 17.4 Å². The van der Waals surface area contributed by atoms with Crippen molar-refractivity contribution in [1.29, 1.82) is 0 Å². The standard InChI is InChI=1S/C23H26N6O3/c1-30-17-9-8-16(13-19(17)31-2)15-24-23-26-20(28-10-4-3-5-11-28)14-21-25-22(27-29(21)23)18-7-6-12-32-18/h6-9,12-14H,3-5,10-11,15H2,1-2H3,(H,24,26). The summed E-state index contributed by atoms with van der Waals surface area (Å²) in [5, 5.41) is 8.06. The monoisotopic (exact) mass is 434 g/mol. The first-order valence-corrected chi connectivity index (χ1v) is 10.8. The molecule has 9 heteroatoms. The third kappa shape index (κ3) is 3.93. The van der Waals surface area contributed by atoms with E-state index in [9.17, 15) is 0 Å². The molecule has 1 fully saturated rings. The molecule has 0 bridgehead atoms. The van der Waals surface area contributed by atoms with E-state index in [0.29, 0.717) is 35.6 Å². The van der Waals surface area contributed by atoms with E-state index in [1.807, 2.05) is 36.4 Å². The molecule has 4 heterocycles. The number of furan rings is 1. The van der Waals surface area contributed by atoms with E-state index in [1.165, 1.54) is 19.3 Å².